The fourth-order valence-electron chi connectivity index (χ4n) is 2.92. The Bertz CT molecular complexity index is 1100. The smallest absolute Gasteiger partial charge is 0.342 e. The van der Waals surface area contributed by atoms with Gasteiger partial charge in [-0.3, -0.25) is 4.79 Å². The van der Waals surface area contributed by atoms with Crippen molar-refractivity contribution in [3.63, 3.8) is 0 Å². The van der Waals surface area contributed by atoms with Crippen LogP contribution in [0.15, 0.2) is 41.3 Å². The van der Waals surface area contributed by atoms with Crippen LogP contribution >= 0.6 is 11.6 Å². The quantitative estimate of drug-likeness (QED) is 0.623. The molecule has 1 fully saturated rings. The van der Waals surface area contributed by atoms with Crippen LogP contribution in [0.2, 0.25) is 5.02 Å². The Morgan fingerprint density at radius 1 is 1.19 bits per heavy atom. The third-order valence-electron chi connectivity index (χ3n) is 4.51. The summed E-state index contributed by atoms with van der Waals surface area (Å²) in [6.45, 7) is 2.10. The number of aromatic hydroxyl groups is 1. The summed E-state index contributed by atoms with van der Waals surface area (Å²) in [5.41, 5.74) is 0.859. The Labute approximate surface area is 184 Å². The van der Waals surface area contributed by atoms with E-state index in [0.29, 0.717) is 0 Å². The maximum absolute atomic E-state index is 12.9. The SMILES string of the molecule is Cc1ccc(O)c(C(=O)OCC(=O)Nc2ccc(Cl)c(S(=O)(=O)N3CCOCC3)c2)c1. The number of phenols is 1. The highest BCUT2D eigenvalue weighted by atomic mass is 35.5. The number of sulfonamides is 1. The largest absolute Gasteiger partial charge is 0.507 e. The van der Waals surface area contributed by atoms with Crippen molar-refractivity contribution >= 4 is 39.2 Å². The van der Waals surface area contributed by atoms with Gasteiger partial charge >= 0.3 is 5.97 Å². The molecule has 0 radical (unpaired) electrons. The van der Waals surface area contributed by atoms with Crippen molar-refractivity contribution in [3.8, 4) is 5.75 Å². The maximum atomic E-state index is 12.9. The standard InChI is InChI=1S/C20H21ClN2O7S/c1-13-2-5-17(24)15(10-13)20(26)30-12-19(25)22-14-3-4-16(21)18(11-14)31(27,28)23-6-8-29-9-7-23/h2-5,10-11,24H,6-9,12H2,1H3,(H,22,25). The zero-order chi connectivity index (χ0) is 22.6. The number of benzene rings is 2. The summed E-state index contributed by atoms with van der Waals surface area (Å²) in [6, 6.07) is 8.48. The number of halogens is 1. The van der Waals surface area contributed by atoms with Crippen LogP contribution in [0, 0.1) is 6.92 Å². The molecule has 31 heavy (non-hydrogen) atoms. The molecular formula is C20H21ClN2O7S. The van der Waals surface area contributed by atoms with Crippen molar-refractivity contribution < 1.29 is 32.6 Å². The van der Waals surface area contributed by atoms with Gasteiger partial charge in [-0.05, 0) is 37.3 Å². The molecule has 3 rings (SSSR count). The lowest BCUT2D eigenvalue weighted by Crippen LogP contribution is -2.40. The van der Waals surface area contributed by atoms with Crippen LogP contribution in [0.4, 0.5) is 5.69 Å². The Balaban J connectivity index is 1.67. The Morgan fingerprint density at radius 3 is 2.61 bits per heavy atom. The second-order valence-electron chi connectivity index (χ2n) is 6.81. The fourth-order valence-corrected chi connectivity index (χ4v) is 4.83. The summed E-state index contributed by atoms with van der Waals surface area (Å²) in [7, 11) is -3.86. The highest BCUT2D eigenvalue weighted by molar-refractivity contribution is 7.89. The van der Waals surface area contributed by atoms with E-state index in [1.54, 1.807) is 13.0 Å². The average molecular weight is 469 g/mol. The van der Waals surface area contributed by atoms with Crippen molar-refractivity contribution in [3.05, 3.63) is 52.5 Å². The van der Waals surface area contributed by atoms with E-state index in [1.807, 2.05) is 0 Å². The number of morpholine rings is 1. The lowest BCUT2D eigenvalue weighted by molar-refractivity contribution is -0.119. The number of ether oxygens (including phenoxy) is 2. The van der Waals surface area contributed by atoms with Gasteiger partial charge in [-0.1, -0.05) is 23.2 Å². The van der Waals surface area contributed by atoms with E-state index >= 15 is 0 Å². The van der Waals surface area contributed by atoms with Crippen LogP contribution in [0.5, 0.6) is 5.75 Å². The van der Waals surface area contributed by atoms with Gasteiger partial charge in [0.25, 0.3) is 5.91 Å². The van der Waals surface area contributed by atoms with Gasteiger partial charge in [0.05, 0.1) is 18.2 Å². The van der Waals surface area contributed by atoms with Crippen LogP contribution in [-0.4, -0.2) is 62.6 Å². The van der Waals surface area contributed by atoms with E-state index < -0.39 is 28.5 Å². The summed E-state index contributed by atoms with van der Waals surface area (Å²) >= 11 is 6.09. The van der Waals surface area contributed by atoms with Crippen molar-refractivity contribution in [1.82, 2.24) is 4.31 Å². The summed E-state index contributed by atoms with van der Waals surface area (Å²) < 4.78 is 37.1. The molecular weight excluding hydrogens is 448 g/mol. The van der Waals surface area contributed by atoms with E-state index in [-0.39, 0.29) is 53.2 Å². The van der Waals surface area contributed by atoms with Crippen molar-refractivity contribution in [2.24, 2.45) is 0 Å². The summed E-state index contributed by atoms with van der Waals surface area (Å²) in [4.78, 5) is 24.1. The van der Waals surface area contributed by atoms with Crippen LogP contribution < -0.4 is 5.32 Å². The number of amides is 1. The monoisotopic (exact) mass is 468 g/mol. The third-order valence-corrected chi connectivity index (χ3v) is 6.89. The summed E-state index contributed by atoms with van der Waals surface area (Å²) in [6.07, 6.45) is 0. The molecule has 1 heterocycles. The molecule has 0 atom stereocenters. The first-order valence-corrected chi connectivity index (χ1v) is 11.1. The molecule has 0 aromatic heterocycles. The van der Waals surface area contributed by atoms with Gasteiger partial charge in [0, 0.05) is 18.8 Å². The molecule has 0 unspecified atom stereocenters. The van der Waals surface area contributed by atoms with Crippen LogP contribution in [0.1, 0.15) is 15.9 Å². The summed E-state index contributed by atoms with van der Waals surface area (Å²) in [5, 5.41) is 12.3. The molecule has 1 aliphatic rings. The number of aryl methyl sites for hydroxylation is 1. The van der Waals surface area contributed by atoms with Crippen molar-refractivity contribution in [2.45, 2.75) is 11.8 Å². The minimum absolute atomic E-state index is 0.0193. The van der Waals surface area contributed by atoms with Crippen molar-refractivity contribution in [1.29, 1.82) is 0 Å². The zero-order valence-electron chi connectivity index (χ0n) is 16.6. The predicted molar refractivity (Wildman–Crippen MR) is 113 cm³/mol. The number of hydrogen-bond acceptors (Lipinski definition) is 7. The summed E-state index contributed by atoms with van der Waals surface area (Å²) in [5.74, 6) is -1.80. The van der Waals surface area contributed by atoms with Gasteiger partial charge in [-0.2, -0.15) is 4.31 Å². The average Bonchev–Trinajstić information content (AvgIpc) is 2.75. The molecule has 2 aromatic carbocycles. The molecule has 0 bridgehead atoms. The van der Waals surface area contributed by atoms with Gasteiger partial charge < -0.3 is 19.9 Å². The molecule has 1 saturated heterocycles. The number of esters is 1. The molecule has 11 heteroatoms. The number of hydrogen-bond donors (Lipinski definition) is 2. The van der Waals surface area contributed by atoms with Gasteiger partial charge in [0.1, 0.15) is 16.2 Å². The Morgan fingerprint density at radius 2 is 1.90 bits per heavy atom. The first kappa shape index (κ1) is 23.0. The van der Waals surface area contributed by atoms with E-state index in [1.165, 1.54) is 34.6 Å². The minimum atomic E-state index is -3.86. The van der Waals surface area contributed by atoms with E-state index in [2.05, 4.69) is 5.32 Å². The number of carbonyl (C=O) groups is 2. The van der Waals surface area contributed by atoms with Gasteiger partial charge in [-0.15, -0.1) is 0 Å². The Hall–Kier alpha value is -2.66. The molecule has 9 nitrogen and oxygen atoms in total. The molecule has 1 amide bonds. The van der Waals surface area contributed by atoms with Gasteiger partial charge in [0.15, 0.2) is 6.61 Å². The van der Waals surface area contributed by atoms with Gasteiger partial charge in [0.2, 0.25) is 10.0 Å². The van der Waals surface area contributed by atoms with E-state index in [4.69, 9.17) is 21.1 Å². The number of phenolic OH excluding ortho intramolecular Hbond substituents is 1. The number of anilines is 1. The second kappa shape index (κ2) is 9.65. The topological polar surface area (TPSA) is 122 Å². The van der Waals surface area contributed by atoms with E-state index in [9.17, 15) is 23.1 Å². The van der Waals surface area contributed by atoms with Crippen LogP contribution in [-0.2, 0) is 24.3 Å². The molecule has 0 aliphatic carbocycles. The molecule has 2 aromatic rings. The lowest BCUT2D eigenvalue weighted by Gasteiger charge is -2.26. The third kappa shape index (κ3) is 5.53. The normalized spacial score (nSPS) is 14.8. The van der Waals surface area contributed by atoms with E-state index in [0.717, 1.165) is 5.56 Å². The van der Waals surface area contributed by atoms with Crippen molar-refractivity contribution in [2.75, 3.05) is 38.2 Å². The molecule has 0 spiro atoms. The highest BCUT2D eigenvalue weighted by Crippen LogP contribution is 2.28. The number of nitrogens with one attached hydrogen (secondary N) is 1. The second-order valence-corrected chi connectivity index (χ2v) is 9.12. The minimum Gasteiger partial charge on any atom is -0.507 e. The molecule has 166 valence electrons. The predicted octanol–water partition coefficient (Wildman–Crippen LogP) is 2.17. The highest BCUT2D eigenvalue weighted by Gasteiger charge is 2.28. The number of rotatable bonds is 6. The lowest BCUT2D eigenvalue weighted by atomic mass is 10.1. The van der Waals surface area contributed by atoms with Crippen LogP contribution in [0.3, 0.4) is 0 Å². The first-order chi connectivity index (χ1) is 14.7. The van der Waals surface area contributed by atoms with Crippen LogP contribution in [0.25, 0.3) is 0 Å². The first-order valence-electron chi connectivity index (χ1n) is 9.32. The molecule has 1 aliphatic heterocycles. The Kier molecular flexibility index (Phi) is 7.16. The van der Waals surface area contributed by atoms with Gasteiger partial charge in [-0.25, -0.2) is 13.2 Å². The molecule has 2 N–H and O–H groups in total. The number of nitrogens with zero attached hydrogens (tertiary/aromatic N) is 1. The molecule has 0 saturated carbocycles. The zero-order valence-corrected chi connectivity index (χ0v) is 18.2. The maximum Gasteiger partial charge on any atom is 0.342 e. The fraction of sp³-hybridized carbons (Fsp3) is 0.300. The number of carbonyl (C=O) groups excluding carboxylic acids is 2.